The summed E-state index contributed by atoms with van der Waals surface area (Å²) in [6, 6.07) is 1.43. The van der Waals surface area contributed by atoms with Crippen LogP contribution in [0.1, 0.15) is 10.7 Å². The summed E-state index contributed by atoms with van der Waals surface area (Å²) in [5, 5.41) is 2.71. The molecule has 0 saturated carbocycles. The van der Waals surface area contributed by atoms with Crippen molar-refractivity contribution in [2.75, 3.05) is 0 Å². The fourth-order valence-corrected chi connectivity index (χ4v) is 3.50. The average molecular weight is 304 g/mol. The lowest BCUT2D eigenvalue weighted by Crippen LogP contribution is -2.23. The van der Waals surface area contributed by atoms with Gasteiger partial charge in [0.25, 0.3) is 0 Å². The zero-order valence-electron chi connectivity index (χ0n) is 9.42. The maximum Gasteiger partial charge on any atom is 0.243 e. The number of aryl methyl sites for hydroxylation is 1. The first-order valence-corrected chi connectivity index (χ1v) is 7.73. The number of sulfonamides is 1. The number of hydrogen-bond donors (Lipinski definition) is 1. The third-order valence-electron chi connectivity index (χ3n) is 2.10. The number of halogens is 1. The van der Waals surface area contributed by atoms with E-state index in [1.54, 1.807) is 0 Å². The van der Waals surface area contributed by atoms with Crippen molar-refractivity contribution in [2.24, 2.45) is 0 Å². The van der Waals surface area contributed by atoms with Crippen LogP contribution in [0, 0.1) is 6.92 Å². The van der Waals surface area contributed by atoms with Crippen molar-refractivity contribution in [3.8, 4) is 0 Å². The van der Waals surface area contributed by atoms with Gasteiger partial charge in [0, 0.05) is 23.5 Å². The highest BCUT2D eigenvalue weighted by molar-refractivity contribution is 7.89. The quantitative estimate of drug-likeness (QED) is 0.937. The lowest BCUT2D eigenvalue weighted by molar-refractivity contribution is 0.580. The van der Waals surface area contributed by atoms with Crippen molar-refractivity contribution in [3.05, 3.63) is 39.6 Å². The van der Waals surface area contributed by atoms with Crippen LogP contribution in [0.5, 0.6) is 0 Å². The van der Waals surface area contributed by atoms with E-state index < -0.39 is 10.0 Å². The predicted octanol–water partition coefficient (Wildman–Crippen LogP) is 1.98. The molecule has 0 aromatic carbocycles. The molecule has 18 heavy (non-hydrogen) atoms. The smallest absolute Gasteiger partial charge is 0.243 e. The lowest BCUT2D eigenvalue weighted by atomic mass is 10.5. The highest BCUT2D eigenvalue weighted by Gasteiger charge is 2.18. The number of aromatic nitrogens is 2. The zero-order chi connectivity index (χ0) is 13.2. The fourth-order valence-electron chi connectivity index (χ4n) is 1.28. The molecule has 8 heteroatoms. The molecule has 0 spiro atoms. The number of nitrogens with zero attached hydrogens (tertiary/aromatic N) is 2. The molecule has 2 heterocycles. The maximum absolute atomic E-state index is 12.0. The highest BCUT2D eigenvalue weighted by atomic mass is 35.5. The fraction of sp³-hybridized carbons (Fsp3) is 0.200. The molecule has 0 aliphatic heterocycles. The molecule has 0 aliphatic carbocycles. The molecule has 2 aromatic heterocycles. The number of rotatable bonds is 4. The Morgan fingerprint density at radius 2 is 2.28 bits per heavy atom. The second-order valence-electron chi connectivity index (χ2n) is 3.51. The number of pyridine rings is 1. The van der Waals surface area contributed by atoms with Crippen LogP contribution in [0.4, 0.5) is 0 Å². The van der Waals surface area contributed by atoms with Crippen LogP contribution in [-0.4, -0.2) is 18.4 Å². The highest BCUT2D eigenvalue weighted by Crippen LogP contribution is 2.19. The van der Waals surface area contributed by atoms with Crippen molar-refractivity contribution in [3.63, 3.8) is 0 Å². The van der Waals surface area contributed by atoms with E-state index in [1.165, 1.54) is 29.8 Å². The van der Waals surface area contributed by atoms with Crippen LogP contribution in [0.2, 0.25) is 5.02 Å². The summed E-state index contributed by atoms with van der Waals surface area (Å²) in [6.45, 7) is 2.00. The van der Waals surface area contributed by atoms with Crippen LogP contribution in [0.15, 0.2) is 28.7 Å². The molecule has 2 aromatic rings. The molecule has 0 atom stereocenters. The van der Waals surface area contributed by atoms with E-state index in [2.05, 4.69) is 14.7 Å². The van der Waals surface area contributed by atoms with Crippen LogP contribution < -0.4 is 4.72 Å². The van der Waals surface area contributed by atoms with Crippen LogP contribution in [-0.2, 0) is 16.6 Å². The van der Waals surface area contributed by atoms with Gasteiger partial charge in [0.2, 0.25) is 10.0 Å². The van der Waals surface area contributed by atoms with Gasteiger partial charge >= 0.3 is 0 Å². The van der Waals surface area contributed by atoms with Gasteiger partial charge in [-0.05, 0) is 13.0 Å². The molecule has 96 valence electrons. The minimum atomic E-state index is -3.66. The van der Waals surface area contributed by atoms with Gasteiger partial charge in [0.1, 0.15) is 9.90 Å². The summed E-state index contributed by atoms with van der Waals surface area (Å²) >= 11 is 7.23. The second-order valence-corrected chi connectivity index (χ2v) is 6.60. The van der Waals surface area contributed by atoms with Crippen LogP contribution in [0.25, 0.3) is 0 Å². The molecule has 2 rings (SSSR count). The van der Waals surface area contributed by atoms with Crippen molar-refractivity contribution in [2.45, 2.75) is 18.4 Å². The van der Waals surface area contributed by atoms with Gasteiger partial charge in [-0.2, -0.15) is 0 Å². The molecule has 0 saturated heterocycles. The Bertz CT molecular complexity index is 655. The Kier molecular flexibility index (Phi) is 3.96. The summed E-state index contributed by atoms with van der Waals surface area (Å²) in [4.78, 5) is 7.90. The van der Waals surface area contributed by atoms with E-state index in [0.29, 0.717) is 5.01 Å². The molecule has 0 amide bonds. The Hall–Kier alpha value is -1.02. The lowest BCUT2D eigenvalue weighted by Gasteiger charge is -2.06. The summed E-state index contributed by atoms with van der Waals surface area (Å²) in [5.41, 5.74) is 0.869. The van der Waals surface area contributed by atoms with E-state index in [1.807, 2.05) is 12.3 Å². The maximum atomic E-state index is 12.0. The normalized spacial score (nSPS) is 11.7. The van der Waals surface area contributed by atoms with Crippen molar-refractivity contribution in [1.82, 2.24) is 14.7 Å². The van der Waals surface area contributed by atoms with Crippen molar-refractivity contribution >= 4 is 33.0 Å². The number of nitrogens with one attached hydrogen (secondary N) is 1. The zero-order valence-corrected chi connectivity index (χ0v) is 11.8. The van der Waals surface area contributed by atoms with Gasteiger partial charge in [-0.3, -0.25) is 4.98 Å². The predicted molar refractivity (Wildman–Crippen MR) is 70.1 cm³/mol. The molecule has 0 radical (unpaired) electrons. The summed E-state index contributed by atoms with van der Waals surface area (Å²) in [5.74, 6) is 0. The van der Waals surface area contributed by atoms with E-state index in [0.717, 1.165) is 5.69 Å². The van der Waals surface area contributed by atoms with Crippen LogP contribution >= 0.6 is 22.9 Å². The van der Waals surface area contributed by atoms with E-state index in [4.69, 9.17) is 11.6 Å². The second kappa shape index (κ2) is 5.31. The summed E-state index contributed by atoms with van der Waals surface area (Å²) in [7, 11) is -3.66. The first-order valence-electron chi connectivity index (χ1n) is 4.99. The van der Waals surface area contributed by atoms with Gasteiger partial charge < -0.3 is 0 Å². The minimum absolute atomic E-state index is 0.0278. The van der Waals surface area contributed by atoms with Gasteiger partial charge in [0.05, 0.1) is 11.6 Å². The topological polar surface area (TPSA) is 72.0 Å². The van der Waals surface area contributed by atoms with Crippen LogP contribution in [0.3, 0.4) is 0 Å². The molecule has 0 aliphatic rings. The summed E-state index contributed by atoms with van der Waals surface area (Å²) < 4.78 is 26.4. The Morgan fingerprint density at radius 3 is 2.89 bits per heavy atom. The average Bonchev–Trinajstić information content (AvgIpc) is 2.73. The number of hydrogen-bond acceptors (Lipinski definition) is 5. The van der Waals surface area contributed by atoms with Gasteiger partial charge in [-0.15, -0.1) is 11.3 Å². The molecule has 0 bridgehead atoms. The molecule has 5 nitrogen and oxygen atoms in total. The first-order chi connectivity index (χ1) is 8.49. The van der Waals surface area contributed by atoms with Gasteiger partial charge in [-0.25, -0.2) is 18.1 Å². The molecular weight excluding hydrogens is 294 g/mol. The van der Waals surface area contributed by atoms with Gasteiger partial charge in [0.15, 0.2) is 0 Å². The molecule has 1 N–H and O–H groups in total. The minimum Gasteiger partial charge on any atom is -0.263 e. The van der Waals surface area contributed by atoms with E-state index in [-0.39, 0.29) is 16.5 Å². The van der Waals surface area contributed by atoms with E-state index >= 15 is 0 Å². The van der Waals surface area contributed by atoms with Crippen molar-refractivity contribution in [1.29, 1.82) is 0 Å². The largest absolute Gasteiger partial charge is 0.263 e. The molecule has 0 fully saturated rings. The molecule has 0 unspecified atom stereocenters. The Labute approximate surface area is 114 Å². The Balaban J connectivity index is 2.16. The third-order valence-corrected chi connectivity index (χ3v) is 4.94. The third kappa shape index (κ3) is 3.05. The SMILES string of the molecule is Cc1csc(CNS(=O)(=O)c2cnccc2Cl)n1. The Morgan fingerprint density at radius 1 is 1.50 bits per heavy atom. The van der Waals surface area contributed by atoms with Gasteiger partial charge in [-0.1, -0.05) is 11.6 Å². The first kappa shape index (κ1) is 13.4. The summed E-state index contributed by atoms with van der Waals surface area (Å²) in [6.07, 6.45) is 2.66. The van der Waals surface area contributed by atoms with Crippen molar-refractivity contribution < 1.29 is 8.42 Å². The number of thiazole rings is 1. The standard InChI is InChI=1S/C10H10ClN3O2S2/c1-7-6-17-10(14-7)5-13-18(15,16)9-4-12-3-2-8(9)11/h2-4,6,13H,5H2,1H3. The van der Waals surface area contributed by atoms with E-state index in [9.17, 15) is 8.42 Å². The molecular formula is C10H10ClN3O2S2. The monoisotopic (exact) mass is 303 g/mol.